The van der Waals surface area contributed by atoms with Gasteiger partial charge in [-0.15, -0.1) is 0 Å². The van der Waals surface area contributed by atoms with Crippen LogP contribution in [0.15, 0.2) is 0 Å². The number of carbonyl (C=O) groups excluding carboxylic acids is 1. The van der Waals surface area contributed by atoms with E-state index in [0.717, 1.165) is 18.8 Å². The quantitative estimate of drug-likeness (QED) is 0.713. The van der Waals surface area contributed by atoms with E-state index in [1.165, 1.54) is 0 Å². The van der Waals surface area contributed by atoms with E-state index < -0.39 is 0 Å². The van der Waals surface area contributed by atoms with Gasteiger partial charge in [0, 0.05) is 6.54 Å². The minimum absolute atomic E-state index is 0.0384. The van der Waals surface area contributed by atoms with Gasteiger partial charge in [0.15, 0.2) is 5.82 Å². The predicted molar refractivity (Wildman–Crippen MR) is 65.3 cm³/mol. The van der Waals surface area contributed by atoms with Crippen molar-refractivity contribution >= 4 is 29.0 Å². The van der Waals surface area contributed by atoms with Crippen molar-refractivity contribution in [2.75, 3.05) is 16.8 Å². The minimum Gasteiger partial charge on any atom is -0.342 e. The molecule has 1 amide bonds. The number of hydrogen-bond donors (Lipinski definition) is 1. The maximum absolute atomic E-state index is 12.0. The predicted octanol–water partition coefficient (Wildman–Crippen LogP) is 1.61. The number of amides is 1. The van der Waals surface area contributed by atoms with E-state index >= 15 is 0 Å². The number of nitrogens with one attached hydrogen (secondary N) is 1. The monoisotopic (exact) mass is 252 g/mol. The lowest BCUT2D eigenvalue weighted by Crippen LogP contribution is -2.47. The third-order valence-corrected chi connectivity index (χ3v) is 3.70. The molecule has 1 aromatic rings. The van der Waals surface area contributed by atoms with Gasteiger partial charge >= 0.3 is 0 Å². The van der Waals surface area contributed by atoms with Crippen LogP contribution in [0, 0.1) is 12.8 Å². The van der Waals surface area contributed by atoms with Crippen LogP contribution in [0.4, 0.5) is 11.5 Å². The van der Waals surface area contributed by atoms with Crippen molar-refractivity contribution in [2.24, 2.45) is 5.92 Å². The molecule has 0 radical (unpaired) electrons. The molecule has 0 saturated carbocycles. The number of rotatable bonds is 0. The molecule has 2 unspecified atom stereocenters. The first kappa shape index (κ1) is 10.8. The molecule has 3 rings (SSSR count). The van der Waals surface area contributed by atoms with Crippen LogP contribution in [0.25, 0.3) is 0 Å². The molecule has 1 aromatic heterocycles. The second-order valence-corrected chi connectivity index (χ2v) is 5.01. The van der Waals surface area contributed by atoms with E-state index in [0.29, 0.717) is 17.3 Å². The SMILES string of the molecule is Cc1nc(Cl)nc2c1NC(=O)C1C(C)CCN21. The van der Waals surface area contributed by atoms with Gasteiger partial charge in [0.1, 0.15) is 11.7 Å². The number of aromatic nitrogens is 2. The molecule has 2 aliphatic rings. The Bertz CT molecular complexity index is 504. The highest BCUT2D eigenvalue weighted by molar-refractivity contribution is 6.28. The largest absolute Gasteiger partial charge is 0.342 e. The minimum atomic E-state index is -0.118. The van der Waals surface area contributed by atoms with Gasteiger partial charge in [-0.25, -0.2) is 4.98 Å². The summed E-state index contributed by atoms with van der Waals surface area (Å²) >= 11 is 5.88. The van der Waals surface area contributed by atoms with Crippen LogP contribution in [0.2, 0.25) is 5.28 Å². The maximum atomic E-state index is 12.0. The highest BCUT2D eigenvalue weighted by Gasteiger charge is 2.42. The molecule has 0 aliphatic carbocycles. The highest BCUT2D eigenvalue weighted by Crippen LogP contribution is 2.39. The first-order chi connectivity index (χ1) is 8.08. The number of aryl methyl sites for hydroxylation is 1. The fourth-order valence-corrected chi connectivity index (χ4v) is 2.87. The maximum Gasteiger partial charge on any atom is 0.247 e. The fourth-order valence-electron chi connectivity index (χ4n) is 2.66. The van der Waals surface area contributed by atoms with Crippen molar-refractivity contribution in [3.63, 3.8) is 0 Å². The zero-order valence-corrected chi connectivity index (χ0v) is 10.5. The van der Waals surface area contributed by atoms with Crippen molar-refractivity contribution in [3.8, 4) is 0 Å². The van der Waals surface area contributed by atoms with Crippen LogP contribution in [-0.4, -0.2) is 28.5 Å². The Morgan fingerprint density at radius 2 is 2.24 bits per heavy atom. The molecule has 0 bridgehead atoms. The number of carbonyl (C=O) groups is 1. The molecule has 5 nitrogen and oxygen atoms in total. The number of hydrogen-bond acceptors (Lipinski definition) is 4. The standard InChI is InChI=1S/C11H13ClN4O/c1-5-3-4-16-8(5)10(17)14-7-6(2)13-11(12)15-9(7)16/h5,8H,3-4H2,1-2H3,(H,14,17). The smallest absolute Gasteiger partial charge is 0.247 e. The summed E-state index contributed by atoms with van der Waals surface area (Å²) in [5.74, 6) is 1.14. The number of anilines is 2. The third-order valence-electron chi connectivity index (χ3n) is 3.53. The van der Waals surface area contributed by atoms with Crippen LogP contribution < -0.4 is 10.2 Å². The first-order valence-electron chi connectivity index (χ1n) is 5.69. The Balaban J connectivity index is 2.16. The Hall–Kier alpha value is -1.36. The van der Waals surface area contributed by atoms with Gasteiger partial charge in [-0.3, -0.25) is 4.79 Å². The summed E-state index contributed by atoms with van der Waals surface area (Å²) < 4.78 is 0. The highest BCUT2D eigenvalue weighted by atomic mass is 35.5. The lowest BCUT2D eigenvalue weighted by molar-refractivity contribution is -0.118. The number of halogens is 1. The van der Waals surface area contributed by atoms with E-state index in [4.69, 9.17) is 11.6 Å². The molecule has 2 aliphatic heterocycles. The average Bonchev–Trinajstić information content (AvgIpc) is 2.64. The average molecular weight is 253 g/mol. The van der Waals surface area contributed by atoms with Crippen molar-refractivity contribution in [3.05, 3.63) is 11.0 Å². The van der Waals surface area contributed by atoms with Crippen LogP contribution in [0.1, 0.15) is 19.0 Å². The zero-order valence-electron chi connectivity index (χ0n) is 9.70. The summed E-state index contributed by atoms with van der Waals surface area (Å²) in [6.07, 6.45) is 0.998. The van der Waals surface area contributed by atoms with E-state index in [9.17, 15) is 4.79 Å². The van der Waals surface area contributed by atoms with Gasteiger partial charge < -0.3 is 10.2 Å². The Kier molecular flexibility index (Phi) is 2.26. The van der Waals surface area contributed by atoms with E-state index in [1.54, 1.807) is 0 Å². The molecule has 17 heavy (non-hydrogen) atoms. The summed E-state index contributed by atoms with van der Waals surface area (Å²) in [5.41, 5.74) is 1.41. The second-order valence-electron chi connectivity index (χ2n) is 4.67. The van der Waals surface area contributed by atoms with Crippen LogP contribution in [0.3, 0.4) is 0 Å². The van der Waals surface area contributed by atoms with Crippen LogP contribution in [0.5, 0.6) is 0 Å². The van der Waals surface area contributed by atoms with Crippen molar-refractivity contribution < 1.29 is 4.79 Å². The molecule has 0 spiro atoms. The molecule has 1 saturated heterocycles. The molecule has 90 valence electrons. The van der Waals surface area contributed by atoms with E-state index in [1.807, 2.05) is 11.8 Å². The Labute approximate surface area is 104 Å². The summed E-state index contributed by atoms with van der Waals surface area (Å²) in [4.78, 5) is 22.4. The van der Waals surface area contributed by atoms with Crippen molar-refractivity contribution in [2.45, 2.75) is 26.3 Å². The van der Waals surface area contributed by atoms with Crippen LogP contribution in [-0.2, 0) is 4.79 Å². The molecule has 1 N–H and O–H groups in total. The van der Waals surface area contributed by atoms with Gasteiger partial charge in [-0.2, -0.15) is 4.98 Å². The van der Waals surface area contributed by atoms with Crippen molar-refractivity contribution in [1.29, 1.82) is 0 Å². The summed E-state index contributed by atoms with van der Waals surface area (Å²) in [7, 11) is 0. The van der Waals surface area contributed by atoms with Gasteiger partial charge in [0.25, 0.3) is 0 Å². The summed E-state index contributed by atoms with van der Waals surface area (Å²) in [5, 5.41) is 3.13. The molecular formula is C11H13ClN4O. The Morgan fingerprint density at radius 3 is 3.00 bits per heavy atom. The van der Waals surface area contributed by atoms with Gasteiger partial charge in [-0.05, 0) is 30.9 Å². The third kappa shape index (κ3) is 1.49. The van der Waals surface area contributed by atoms with E-state index in [2.05, 4.69) is 22.2 Å². The van der Waals surface area contributed by atoms with Gasteiger partial charge in [-0.1, -0.05) is 6.92 Å². The van der Waals surface area contributed by atoms with Gasteiger partial charge in [0.05, 0.1) is 5.69 Å². The second kappa shape index (κ2) is 3.57. The first-order valence-corrected chi connectivity index (χ1v) is 6.07. The Morgan fingerprint density at radius 1 is 1.47 bits per heavy atom. The number of fused-ring (bicyclic) bond motifs is 3. The number of nitrogens with zero attached hydrogens (tertiary/aromatic N) is 3. The zero-order chi connectivity index (χ0) is 12.2. The van der Waals surface area contributed by atoms with E-state index in [-0.39, 0.29) is 17.2 Å². The lowest BCUT2D eigenvalue weighted by atomic mass is 10.0. The molecule has 2 atom stereocenters. The molecule has 1 fully saturated rings. The fraction of sp³-hybridized carbons (Fsp3) is 0.545. The molecule has 0 aromatic carbocycles. The summed E-state index contributed by atoms with van der Waals surface area (Å²) in [6, 6.07) is -0.118. The topological polar surface area (TPSA) is 58.1 Å². The summed E-state index contributed by atoms with van der Waals surface area (Å²) in [6.45, 7) is 4.76. The molecular weight excluding hydrogens is 240 g/mol. The molecule has 3 heterocycles. The molecule has 6 heteroatoms. The lowest BCUT2D eigenvalue weighted by Gasteiger charge is -2.33. The van der Waals surface area contributed by atoms with Gasteiger partial charge in [0.2, 0.25) is 11.2 Å². The van der Waals surface area contributed by atoms with Crippen molar-refractivity contribution in [1.82, 2.24) is 9.97 Å². The van der Waals surface area contributed by atoms with Crippen LogP contribution >= 0.6 is 11.6 Å². The normalized spacial score (nSPS) is 26.5.